The number of nitro groups is 1. The first-order valence-electron chi connectivity index (χ1n) is 10.7. The number of carbonyl (C=O) groups is 1. The summed E-state index contributed by atoms with van der Waals surface area (Å²) in [6.07, 6.45) is 1.26. The van der Waals surface area contributed by atoms with Gasteiger partial charge in [0.15, 0.2) is 5.82 Å². The third-order valence-corrected chi connectivity index (χ3v) is 5.92. The van der Waals surface area contributed by atoms with Crippen LogP contribution in [-0.2, 0) is 4.79 Å². The van der Waals surface area contributed by atoms with Crippen molar-refractivity contribution in [3.8, 4) is 17.0 Å². The number of aromatic nitrogens is 2. The van der Waals surface area contributed by atoms with Crippen LogP contribution in [0.1, 0.15) is 18.4 Å². The monoisotopic (exact) mass is 447 g/mol. The number of ether oxygens (including phenoxy) is 1. The van der Waals surface area contributed by atoms with E-state index in [0.29, 0.717) is 31.5 Å². The molecule has 33 heavy (non-hydrogen) atoms. The first-order chi connectivity index (χ1) is 16.0. The molecular formula is C24H25N5O4. The number of nitrogens with one attached hydrogen (secondary N) is 1. The minimum absolute atomic E-state index is 0.0898. The summed E-state index contributed by atoms with van der Waals surface area (Å²) in [6, 6.07) is 16.3. The van der Waals surface area contributed by atoms with Crippen molar-refractivity contribution in [2.45, 2.75) is 19.8 Å². The number of carbonyl (C=O) groups excluding carboxylic acids is 1. The molecule has 1 amide bonds. The Hall–Kier alpha value is -4.01. The van der Waals surface area contributed by atoms with Gasteiger partial charge in [-0.25, -0.2) is 0 Å². The van der Waals surface area contributed by atoms with Gasteiger partial charge >= 0.3 is 0 Å². The minimum Gasteiger partial charge on any atom is -0.497 e. The lowest BCUT2D eigenvalue weighted by molar-refractivity contribution is -0.384. The Labute approximate surface area is 191 Å². The molecule has 170 valence electrons. The number of para-hydroxylation sites is 1. The van der Waals surface area contributed by atoms with Gasteiger partial charge in [0, 0.05) is 30.6 Å². The van der Waals surface area contributed by atoms with Crippen LogP contribution in [0.5, 0.6) is 5.75 Å². The first-order valence-corrected chi connectivity index (χ1v) is 10.7. The van der Waals surface area contributed by atoms with Crippen molar-refractivity contribution >= 4 is 23.1 Å². The molecule has 0 saturated carbocycles. The fraction of sp³-hybridized carbons (Fsp3) is 0.292. The molecule has 9 heteroatoms. The van der Waals surface area contributed by atoms with Gasteiger partial charge in [0.1, 0.15) is 11.4 Å². The zero-order valence-corrected chi connectivity index (χ0v) is 18.5. The van der Waals surface area contributed by atoms with Gasteiger partial charge in [0.25, 0.3) is 5.69 Å². The molecule has 0 radical (unpaired) electrons. The highest BCUT2D eigenvalue weighted by atomic mass is 16.6. The zero-order chi connectivity index (χ0) is 23.4. The van der Waals surface area contributed by atoms with Gasteiger partial charge in [0.05, 0.1) is 17.7 Å². The smallest absolute Gasteiger partial charge is 0.293 e. The maximum absolute atomic E-state index is 12.8. The highest BCUT2D eigenvalue weighted by molar-refractivity contribution is 5.95. The predicted octanol–water partition coefficient (Wildman–Crippen LogP) is 4.22. The van der Waals surface area contributed by atoms with E-state index in [-0.39, 0.29) is 23.2 Å². The number of hydrogen-bond acceptors (Lipinski definition) is 7. The maximum atomic E-state index is 12.8. The van der Waals surface area contributed by atoms with Crippen LogP contribution < -0.4 is 15.0 Å². The molecule has 2 heterocycles. The Balaban J connectivity index is 1.37. The lowest BCUT2D eigenvalue weighted by Gasteiger charge is -2.31. The topological polar surface area (TPSA) is 110 Å². The van der Waals surface area contributed by atoms with Gasteiger partial charge in [-0.3, -0.25) is 14.9 Å². The second-order valence-corrected chi connectivity index (χ2v) is 7.98. The number of nitro benzene ring substituents is 1. The molecule has 0 bridgehead atoms. The predicted molar refractivity (Wildman–Crippen MR) is 125 cm³/mol. The largest absolute Gasteiger partial charge is 0.497 e. The standard InChI is InChI=1S/C24H25N5O4/c1-16-4-3-5-21(29(31)32)23(16)25-24(30)18-12-14-28(15-13-18)22-11-10-20(26-27-22)17-6-8-19(33-2)9-7-17/h3-11,18H,12-15H2,1-2H3,(H,25,30). The molecule has 9 nitrogen and oxygen atoms in total. The Morgan fingerprint density at radius 3 is 2.42 bits per heavy atom. The van der Waals surface area contributed by atoms with Crippen LogP contribution in [-0.4, -0.2) is 41.2 Å². The SMILES string of the molecule is COc1ccc(-c2ccc(N3CCC(C(=O)Nc4c(C)cccc4[N+](=O)[O-])CC3)nn2)cc1. The minimum atomic E-state index is -0.473. The molecule has 3 aromatic rings. The average Bonchev–Trinajstić information content (AvgIpc) is 2.85. The van der Waals surface area contributed by atoms with Crippen LogP contribution in [0, 0.1) is 23.0 Å². The number of amides is 1. The number of piperidine rings is 1. The molecule has 1 aliphatic rings. The summed E-state index contributed by atoms with van der Waals surface area (Å²) in [7, 11) is 1.63. The van der Waals surface area contributed by atoms with Gasteiger partial charge in [-0.2, -0.15) is 0 Å². The summed E-state index contributed by atoms with van der Waals surface area (Å²) in [5, 5.41) is 22.8. The average molecular weight is 447 g/mol. The van der Waals surface area contributed by atoms with E-state index in [1.807, 2.05) is 36.4 Å². The second-order valence-electron chi connectivity index (χ2n) is 7.98. The van der Waals surface area contributed by atoms with E-state index in [1.54, 1.807) is 26.2 Å². The quantitative estimate of drug-likeness (QED) is 0.445. The van der Waals surface area contributed by atoms with Crippen molar-refractivity contribution in [3.63, 3.8) is 0 Å². The summed E-state index contributed by atoms with van der Waals surface area (Å²) in [5.41, 5.74) is 2.58. The number of aryl methyl sites for hydroxylation is 1. The number of benzene rings is 2. The summed E-state index contributed by atoms with van der Waals surface area (Å²) in [6.45, 7) is 3.06. The second kappa shape index (κ2) is 9.64. The number of anilines is 2. The van der Waals surface area contributed by atoms with Crippen LogP contribution in [0.25, 0.3) is 11.3 Å². The third kappa shape index (κ3) is 4.92. The van der Waals surface area contributed by atoms with Crippen molar-refractivity contribution in [3.05, 3.63) is 70.3 Å². The van der Waals surface area contributed by atoms with Crippen LogP contribution in [0.2, 0.25) is 0 Å². The molecule has 1 fully saturated rings. The normalized spacial score (nSPS) is 14.1. The van der Waals surface area contributed by atoms with Crippen LogP contribution >= 0.6 is 0 Å². The Morgan fingerprint density at radius 2 is 1.82 bits per heavy atom. The molecule has 4 rings (SSSR count). The molecule has 1 aromatic heterocycles. The van der Waals surface area contributed by atoms with Crippen molar-refractivity contribution < 1.29 is 14.5 Å². The fourth-order valence-corrected chi connectivity index (χ4v) is 3.97. The molecule has 0 aliphatic carbocycles. The molecule has 2 aromatic carbocycles. The Kier molecular flexibility index (Phi) is 6.48. The van der Waals surface area contributed by atoms with E-state index in [0.717, 1.165) is 22.8 Å². The number of methoxy groups -OCH3 is 1. The molecule has 1 N–H and O–H groups in total. The summed E-state index contributed by atoms with van der Waals surface area (Å²) < 4.78 is 5.18. The zero-order valence-electron chi connectivity index (χ0n) is 18.5. The molecular weight excluding hydrogens is 422 g/mol. The number of nitrogens with zero attached hydrogens (tertiary/aromatic N) is 4. The summed E-state index contributed by atoms with van der Waals surface area (Å²) in [5.74, 6) is 1.15. The first kappa shape index (κ1) is 22.2. The lowest BCUT2D eigenvalue weighted by Crippen LogP contribution is -2.38. The Morgan fingerprint density at radius 1 is 1.09 bits per heavy atom. The van der Waals surface area contributed by atoms with E-state index in [9.17, 15) is 14.9 Å². The van der Waals surface area contributed by atoms with Gasteiger partial charge in [-0.15, -0.1) is 10.2 Å². The highest BCUT2D eigenvalue weighted by Crippen LogP contribution is 2.30. The van der Waals surface area contributed by atoms with Gasteiger partial charge in [-0.05, 0) is 61.7 Å². The highest BCUT2D eigenvalue weighted by Gasteiger charge is 2.28. The number of hydrogen-bond donors (Lipinski definition) is 1. The third-order valence-electron chi connectivity index (χ3n) is 5.92. The van der Waals surface area contributed by atoms with Crippen molar-refractivity contribution in [1.82, 2.24) is 10.2 Å². The van der Waals surface area contributed by atoms with E-state index in [1.165, 1.54) is 6.07 Å². The Bertz CT molecular complexity index is 1140. The number of rotatable bonds is 6. The molecule has 1 saturated heterocycles. The van der Waals surface area contributed by atoms with E-state index >= 15 is 0 Å². The van der Waals surface area contributed by atoms with Crippen molar-refractivity contribution in [1.29, 1.82) is 0 Å². The molecule has 0 atom stereocenters. The van der Waals surface area contributed by atoms with Gasteiger partial charge < -0.3 is 15.0 Å². The van der Waals surface area contributed by atoms with Crippen molar-refractivity contribution in [2.24, 2.45) is 5.92 Å². The van der Waals surface area contributed by atoms with Gasteiger partial charge in [-0.1, -0.05) is 12.1 Å². The summed E-state index contributed by atoms with van der Waals surface area (Å²) in [4.78, 5) is 25.7. The maximum Gasteiger partial charge on any atom is 0.293 e. The van der Waals surface area contributed by atoms with E-state index < -0.39 is 4.92 Å². The van der Waals surface area contributed by atoms with Crippen LogP contribution in [0.3, 0.4) is 0 Å². The lowest BCUT2D eigenvalue weighted by atomic mass is 9.95. The van der Waals surface area contributed by atoms with Gasteiger partial charge in [0.2, 0.25) is 5.91 Å². The molecule has 0 unspecified atom stereocenters. The van der Waals surface area contributed by atoms with E-state index in [4.69, 9.17) is 4.74 Å². The van der Waals surface area contributed by atoms with Crippen LogP contribution in [0.4, 0.5) is 17.2 Å². The fourth-order valence-electron chi connectivity index (χ4n) is 3.97. The van der Waals surface area contributed by atoms with E-state index in [2.05, 4.69) is 20.4 Å². The van der Waals surface area contributed by atoms with Crippen molar-refractivity contribution in [2.75, 3.05) is 30.4 Å². The van der Waals surface area contributed by atoms with Crippen LogP contribution in [0.15, 0.2) is 54.6 Å². The molecule has 1 aliphatic heterocycles. The summed E-state index contributed by atoms with van der Waals surface area (Å²) >= 11 is 0. The molecule has 0 spiro atoms.